The Morgan fingerprint density at radius 1 is 1.22 bits per heavy atom. The topological polar surface area (TPSA) is 111 Å². The summed E-state index contributed by atoms with van der Waals surface area (Å²) < 4.78 is 3.00. The fraction of sp³-hybridized carbons (Fsp3) is 0.294. The first kappa shape index (κ1) is 18.2. The predicted octanol–water partition coefficient (Wildman–Crippen LogP) is 0.438. The van der Waals surface area contributed by atoms with E-state index in [1.54, 1.807) is 25.1 Å². The van der Waals surface area contributed by atoms with Crippen LogP contribution in [-0.4, -0.2) is 60.6 Å². The van der Waals surface area contributed by atoms with E-state index < -0.39 is 0 Å². The normalized spacial score (nSPS) is 11.8. The standard InChI is InChI=1S/C17H20N8O2/c1-12(13-4-6-14(7-5-13)25-11-18-10-19-25)20-17(27)15-8-24(22-21-15)9-16(26)23(2)3/h4-8,10-12H,9H2,1-3H3,(H,20,27). The van der Waals surface area contributed by atoms with Crippen molar-refractivity contribution in [2.24, 2.45) is 0 Å². The molecular weight excluding hydrogens is 348 g/mol. The average molecular weight is 368 g/mol. The Kier molecular flexibility index (Phi) is 5.25. The van der Waals surface area contributed by atoms with Gasteiger partial charge in [0.15, 0.2) is 5.69 Å². The highest BCUT2D eigenvalue weighted by Crippen LogP contribution is 2.15. The van der Waals surface area contributed by atoms with E-state index in [1.807, 2.05) is 31.2 Å². The Hall–Kier alpha value is -3.56. The molecule has 10 heteroatoms. The van der Waals surface area contributed by atoms with Crippen LogP contribution in [0.2, 0.25) is 0 Å². The summed E-state index contributed by atoms with van der Waals surface area (Å²) in [6.45, 7) is 1.91. The van der Waals surface area contributed by atoms with Crippen LogP contribution in [-0.2, 0) is 11.3 Å². The molecule has 2 aromatic heterocycles. The zero-order valence-electron chi connectivity index (χ0n) is 15.3. The number of hydrogen-bond acceptors (Lipinski definition) is 6. The highest BCUT2D eigenvalue weighted by Gasteiger charge is 2.16. The molecule has 2 amide bonds. The number of nitrogens with zero attached hydrogens (tertiary/aromatic N) is 7. The zero-order chi connectivity index (χ0) is 19.4. The van der Waals surface area contributed by atoms with Crippen LogP contribution in [0, 0.1) is 0 Å². The lowest BCUT2D eigenvalue weighted by atomic mass is 10.1. The molecule has 0 bridgehead atoms. The number of carbonyl (C=O) groups excluding carboxylic acids is 2. The van der Waals surface area contributed by atoms with Crippen LogP contribution in [0.25, 0.3) is 5.69 Å². The average Bonchev–Trinajstić information content (AvgIpc) is 3.33. The van der Waals surface area contributed by atoms with Crippen molar-refractivity contribution >= 4 is 11.8 Å². The molecule has 0 aliphatic carbocycles. The van der Waals surface area contributed by atoms with Crippen molar-refractivity contribution in [2.75, 3.05) is 14.1 Å². The third kappa shape index (κ3) is 4.35. The molecule has 10 nitrogen and oxygen atoms in total. The van der Waals surface area contributed by atoms with E-state index in [0.29, 0.717) is 0 Å². The lowest BCUT2D eigenvalue weighted by molar-refractivity contribution is -0.129. The van der Waals surface area contributed by atoms with Crippen molar-refractivity contribution in [3.63, 3.8) is 0 Å². The van der Waals surface area contributed by atoms with Gasteiger partial charge in [0.05, 0.1) is 17.9 Å². The Morgan fingerprint density at radius 2 is 1.96 bits per heavy atom. The number of aromatic nitrogens is 6. The first-order chi connectivity index (χ1) is 12.9. The smallest absolute Gasteiger partial charge is 0.273 e. The van der Waals surface area contributed by atoms with Gasteiger partial charge in [-0.05, 0) is 24.6 Å². The number of nitrogens with one attached hydrogen (secondary N) is 1. The molecule has 0 aliphatic rings. The van der Waals surface area contributed by atoms with Crippen molar-refractivity contribution in [2.45, 2.75) is 19.5 Å². The lowest BCUT2D eigenvalue weighted by Gasteiger charge is -2.14. The minimum atomic E-state index is -0.355. The Bertz CT molecular complexity index is 915. The van der Waals surface area contributed by atoms with Crippen molar-refractivity contribution in [3.05, 3.63) is 54.4 Å². The monoisotopic (exact) mass is 368 g/mol. The van der Waals surface area contributed by atoms with Gasteiger partial charge in [-0.25, -0.2) is 14.3 Å². The van der Waals surface area contributed by atoms with Gasteiger partial charge in [0.2, 0.25) is 5.91 Å². The highest BCUT2D eigenvalue weighted by atomic mass is 16.2. The van der Waals surface area contributed by atoms with Crippen molar-refractivity contribution < 1.29 is 9.59 Å². The third-order valence-corrected chi connectivity index (χ3v) is 3.99. The van der Waals surface area contributed by atoms with Crippen LogP contribution < -0.4 is 5.32 Å². The fourth-order valence-corrected chi connectivity index (χ4v) is 2.37. The van der Waals surface area contributed by atoms with Gasteiger partial charge in [-0.2, -0.15) is 5.10 Å². The summed E-state index contributed by atoms with van der Waals surface area (Å²) >= 11 is 0. The molecular formula is C17H20N8O2. The number of rotatable bonds is 6. The van der Waals surface area contributed by atoms with Crippen molar-refractivity contribution in [3.8, 4) is 5.69 Å². The van der Waals surface area contributed by atoms with Gasteiger partial charge in [-0.15, -0.1) is 5.10 Å². The summed E-state index contributed by atoms with van der Waals surface area (Å²) in [7, 11) is 3.31. The third-order valence-electron chi connectivity index (χ3n) is 3.99. The maximum Gasteiger partial charge on any atom is 0.273 e. The molecule has 1 aromatic carbocycles. The summed E-state index contributed by atoms with van der Waals surface area (Å²) in [6, 6.07) is 7.39. The quantitative estimate of drug-likeness (QED) is 0.676. The first-order valence-corrected chi connectivity index (χ1v) is 8.30. The number of amides is 2. The van der Waals surface area contributed by atoms with Crippen molar-refractivity contribution in [1.29, 1.82) is 0 Å². The summed E-state index contributed by atoms with van der Waals surface area (Å²) in [5.41, 5.74) is 1.97. The molecule has 1 unspecified atom stereocenters. The molecule has 1 N–H and O–H groups in total. The largest absolute Gasteiger partial charge is 0.347 e. The van der Waals surface area contributed by atoms with E-state index in [9.17, 15) is 9.59 Å². The van der Waals surface area contributed by atoms with E-state index in [-0.39, 0.29) is 30.1 Å². The van der Waals surface area contributed by atoms with E-state index in [1.165, 1.54) is 22.1 Å². The van der Waals surface area contributed by atoms with Gasteiger partial charge in [0.1, 0.15) is 19.2 Å². The van der Waals surface area contributed by atoms with Gasteiger partial charge in [-0.1, -0.05) is 17.3 Å². The number of benzene rings is 1. The second-order valence-corrected chi connectivity index (χ2v) is 6.22. The van der Waals surface area contributed by atoms with E-state index in [4.69, 9.17) is 0 Å². The van der Waals surface area contributed by atoms with Gasteiger partial charge < -0.3 is 10.2 Å². The van der Waals surface area contributed by atoms with Crippen LogP contribution in [0.15, 0.2) is 43.1 Å². The fourth-order valence-electron chi connectivity index (χ4n) is 2.37. The second-order valence-electron chi connectivity index (χ2n) is 6.22. The SMILES string of the molecule is CC(NC(=O)c1cn(CC(=O)N(C)C)nn1)c1ccc(-n2cncn2)cc1. The maximum atomic E-state index is 12.4. The van der Waals surface area contributed by atoms with Crippen molar-refractivity contribution in [1.82, 2.24) is 40.0 Å². The molecule has 27 heavy (non-hydrogen) atoms. The Labute approximate surface area is 155 Å². The summed E-state index contributed by atoms with van der Waals surface area (Å²) in [4.78, 5) is 29.4. The Balaban J connectivity index is 1.62. The summed E-state index contributed by atoms with van der Waals surface area (Å²) in [6.07, 6.45) is 4.54. The zero-order valence-corrected chi connectivity index (χ0v) is 15.3. The second kappa shape index (κ2) is 7.77. The van der Waals surface area contributed by atoms with Crippen LogP contribution in [0.1, 0.15) is 29.0 Å². The van der Waals surface area contributed by atoms with Crippen LogP contribution in [0.3, 0.4) is 0 Å². The minimum absolute atomic E-state index is 0.0343. The molecule has 140 valence electrons. The van der Waals surface area contributed by atoms with Gasteiger partial charge in [0.25, 0.3) is 5.91 Å². The van der Waals surface area contributed by atoms with Gasteiger partial charge in [0, 0.05) is 14.1 Å². The lowest BCUT2D eigenvalue weighted by Crippen LogP contribution is -2.27. The number of carbonyl (C=O) groups is 2. The molecule has 1 atom stereocenters. The minimum Gasteiger partial charge on any atom is -0.347 e. The molecule has 0 radical (unpaired) electrons. The molecule has 0 saturated carbocycles. The van der Waals surface area contributed by atoms with Gasteiger partial charge >= 0.3 is 0 Å². The maximum absolute atomic E-state index is 12.4. The van der Waals surface area contributed by atoms with E-state index in [2.05, 4.69) is 25.7 Å². The molecule has 0 aliphatic heterocycles. The molecule has 3 aromatic rings. The van der Waals surface area contributed by atoms with Crippen LogP contribution in [0.5, 0.6) is 0 Å². The molecule has 2 heterocycles. The molecule has 0 saturated heterocycles. The van der Waals surface area contributed by atoms with E-state index in [0.717, 1.165) is 11.3 Å². The summed E-state index contributed by atoms with van der Waals surface area (Å²) in [5.74, 6) is -0.487. The molecule has 0 spiro atoms. The first-order valence-electron chi connectivity index (χ1n) is 8.30. The van der Waals surface area contributed by atoms with Crippen LogP contribution >= 0.6 is 0 Å². The summed E-state index contributed by atoms with van der Waals surface area (Å²) in [5, 5.41) is 14.6. The highest BCUT2D eigenvalue weighted by molar-refractivity contribution is 5.92. The predicted molar refractivity (Wildman–Crippen MR) is 96.0 cm³/mol. The van der Waals surface area contributed by atoms with Gasteiger partial charge in [-0.3, -0.25) is 9.59 Å². The Morgan fingerprint density at radius 3 is 2.59 bits per heavy atom. The molecule has 3 rings (SSSR count). The van der Waals surface area contributed by atoms with Crippen LogP contribution in [0.4, 0.5) is 0 Å². The van der Waals surface area contributed by atoms with E-state index >= 15 is 0 Å². The number of likely N-dealkylation sites (N-methyl/N-ethyl adjacent to an activating group) is 1. The number of hydrogen-bond donors (Lipinski definition) is 1. The molecule has 0 fully saturated rings.